The Morgan fingerprint density at radius 2 is 2.04 bits per heavy atom. The van der Waals surface area contributed by atoms with Crippen LogP contribution < -0.4 is 10.1 Å². The number of benzene rings is 1. The summed E-state index contributed by atoms with van der Waals surface area (Å²) in [4.78, 5) is 24.9. The van der Waals surface area contributed by atoms with Gasteiger partial charge >= 0.3 is 0 Å². The van der Waals surface area contributed by atoms with Crippen LogP contribution in [-0.2, 0) is 19.4 Å². The summed E-state index contributed by atoms with van der Waals surface area (Å²) in [6.45, 7) is 1.97. The van der Waals surface area contributed by atoms with E-state index in [0.29, 0.717) is 12.8 Å². The average Bonchev–Trinajstić information content (AvgIpc) is 3.06. The maximum Gasteiger partial charge on any atom is 0.267 e. The summed E-state index contributed by atoms with van der Waals surface area (Å²) < 4.78 is 28.6. The quantitative estimate of drug-likeness (QED) is 0.768. The van der Waals surface area contributed by atoms with Gasteiger partial charge < -0.3 is 10.1 Å². The van der Waals surface area contributed by atoms with Gasteiger partial charge in [0, 0.05) is 12.8 Å². The van der Waals surface area contributed by atoms with Crippen LogP contribution in [0.3, 0.4) is 0 Å². The van der Waals surface area contributed by atoms with Crippen LogP contribution in [0.4, 0.5) is 0 Å². The summed E-state index contributed by atoms with van der Waals surface area (Å²) in [6, 6.07) is 6.79. The Kier molecular flexibility index (Phi) is 6.02. The lowest BCUT2D eigenvalue weighted by Gasteiger charge is -2.28. The van der Waals surface area contributed by atoms with Gasteiger partial charge in [-0.3, -0.25) is 9.59 Å². The Morgan fingerprint density at radius 1 is 1.32 bits per heavy atom. The summed E-state index contributed by atoms with van der Waals surface area (Å²) in [5, 5.41) is 8.39. The molecule has 0 saturated carbocycles. The molecular weight excluding hydrogens is 382 g/mol. The van der Waals surface area contributed by atoms with Crippen LogP contribution in [0.15, 0.2) is 29.4 Å². The van der Waals surface area contributed by atoms with Crippen LogP contribution in [0.1, 0.15) is 44.2 Å². The summed E-state index contributed by atoms with van der Waals surface area (Å²) in [5.41, 5.74) is 1.21. The topological polar surface area (TPSA) is 105 Å². The Bertz CT molecular complexity index is 879. The molecule has 1 N–H and O–H groups in total. The third-order valence-electron chi connectivity index (χ3n) is 5.11. The molecule has 3 rings (SSSR count). The standard InChI is InChI=1S/C19H25N3O5S/c1-3-16(13-4-6-15(27-2)7-5-13)20-19(24)17-8-9-18(23)22(21-17)14-10-11-28(25,26)12-14/h4-7,14,16H,3,8-12H2,1-2H3,(H,20,24). The smallest absolute Gasteiger partial charge is 0.267 e. The fourth-order valence-electron chi connectivity index (χ4n) is 3.49. The number of ether oxygens (including phenoxy) is 1. The summed E-state index contributed by atoms with van der Waals surface area (Å²) in [5.74, 6) is 0.123. The lowest BCUT2D eigenvalue weighted by Crippen LogP contribution is -2.44. The molecule has 2 heterocycles. The fourth-order valence-corrected chi connectivity index (χ4v) is 5.18. The highest BCUT2D eigenvalue weighted by Gasteiger charge is 2.37. The van der Waals surface area contributed by atoms with Crippen LogP contribution in [0.5, 0.6) is 5.75 Å². The van der Waals surface area contributed by atoms with Crippen LogP contribution in [-0.4, -0.2) is 55.6 Å². The predicted molar refractivity (Wildman–Crippen MR) is 105 cm³/mol. The molecule has 2 atom stereocenters. The molecule has 1 saturated heterocycles. The van der Waals surface area contributed by atoms with Crippen LogP contribution >= 0.6 is 0 Å². The van der Waals surface area contributed by atoms with E-state index in [4.69, 9.17) is 4.74 Å². The normalized spacial score (nSPS) is 22.5. The lowest BCUT2D eigenvalue weighted by molar-refractivity contribution is -0.133. The van der Waals surface area contributed by atoms with E-state index in [-0.39, 0.29) is 47.9 Å². The number of rotatable bonds is 6. The van der Waals surface area contributed by atoms with E-state index in [1.807, 2.05) is 31.2 Å². The van der Waals surface area contributed by atoms with Crippen LogP contribution in [0, 0.1) is 0 Å². The van der Waals surface area contributed by atoms with E-state index in [2.05, 4.69) is 10.4 Å². The minimum Gasteiger partial charge on any atom is -0.497 e. The number of hydrazone groups is 1. The number of carbonyl (C=O) groups is 2. The Labute approximate surface area is 164 Å². The van der Waals surface area contributed by atoms with E-state index in [0.717, 1.165) is 11.3 Å². The first kappa shape index (κ1) is 20.3. The Morgan fingerprint density at radius 3 is 2.61 bits per heavy atom. The molecule has 1 aromatic carbocycles. The van der Waals surface area contributed by atoms with E-state index in [9.17, 15) is 18.0 Å². The number of sulfone groups is 1. The van der Waals surface area contributed by atoms with Crippen molar-refractivity contribution in [3.8, 4) is 5.75 Å². The first-order valence-corrected chi connectivity index (χ1v) is 11.2. The monoisotopic (exact) mass is 407 g/mol. The number of methoxy groups -OCH3 is 1. The van der Waals surface area contributed by atoms with Gasteiger partial charge in [-0.1, -0.05) is 19.1 Å². The van der Waals surface area contributed by atoms with E-state index in [1.54, 1.807) is 7.11 Å². The molecule has 2 aliphatic rings. The van der Waals surface area contributed by atoms with Crippen molar-refractivity contribution in [2.24, 2.45) is 5.10 Å². The van der Waals surface area contributed by atoms with Gasteiger partial charge in [0.15, 0.2) is 9.84 Å². The van der Waals surface area contributed by atoms with Gasteiger partial charge in [-0.2, -0.15) is 5.10 Å². The summed E-state index contributed by atoms with van der Waals surface area (Å²) >= 11 is 0. The number of amides is 2. The second-order valence-corrected chi connectivity index (χ2v) is 9.28. The van der Waals surface area contributed by atoms with Crippen molar-refractivity contribution < 1.29 is 22.7 Å². The zero-order valence-corrected chi connectivity index (χ0v) is 16.9. The second kappa shape index (κ2) is 8.30. The van der Waals surface area contributed by atoms with E-state index < -0.39 is 15.9 Å². The van der Waals surface area contributed by atoms with Crippen molar-refractivity contribution in [2.45, 2.75) is 44.7 Å². The maximum atomic E-state index is 12.7. The predicted octanol–water partition coefficient (Wildman–Crippen LogP) is 1.43. The molecule has 2 aliphatic heterocycles. The number of nitrogens with one attached hydrogen (secondary N) is 1. The van der Waals surface area contributed by atoms with Crippen molar-refractivity contribution in [3.63, 3.8) is 0 Å². The highest BCUT2D eigenvalue weighted by Crippen LogP contribution is 2.23. The lowest BCUT2D eigenvalue weighted by atomic mass is 10.0. The largest absolute Gasteiger partial charge is 0.497 e. The van der Waals surface area contributed by atoms with Crippen LogP contribution in [0.2, 0.25) is 0 Å². The van der Waals surface area contributed by atoms with Crippen molar-refractivity contribution >= 4 is 27.4 Å². The molecule has 8 nitrogen and oxygen atoms in total. The molecule has 2 unspecified atom stereocenters. The third-order valence-corrected chi connectivity index (χ3v) is 6.86. The highest BCUT2D eigenvalue weighted by atomic mass is 32.2. The van der Waals surface area contributed by atoms with E-state index >= 15 is 0 Å². The molecule has 0 spiro atoms. The van der Waals surface area contributed by atoms with Crippen molar-refractivity contribution in [2.75, 3.05) is 18.6 Å². The van der Waals surface area contributed by atoms with E-state index in [1.165, 1.54) is 5.01 Å². The van der Waals surface area contributed by atoms with Gasteiger partial charge in [0.25, 0.3) is 5.91 Å². The number of hydrogen-bond donors (Lipinski definition) is 1. The molecule has 28 heavy (non-hydrogen) atoms. The second-order valence-electron chi connectivity index (χ2n) is 7.05. The van der Waals surface area contributed by atoms with Crippen molar-refractivity contribution in [1.82, 2.24) is 10.3 Å². The minimum absolute atomic E-state index is 0.0495. The van der Waals surface area contributed by atoms with Crippen molar-refractivity contribution in [3.05, 3.63) is 29.8 Å². The molecule has 1 aromatic rings. The zero-order chi connectivity index (χ0) is 20.3. The first-order chi connectivity index (χ1) is 13.3. The molecule has 0 aliphatic carbocycles. The van der Waals surface area contributed by atoms with Gasteiger partial charge in [0.1, 0.15) is 11.5 Å². The molecule has 1 fully saturated rings. The SMILES string of the molecule is CCC(NC(=O)C1=NN(C2CCS(=O)(=O)C2)C(=O)CC1)c1ccc(OC)cc1. The number of carbonyl (C=O) groups excluding carboxylic acids is 2. The highest BCUT2D eigenvalue weighted by molar-refractivity contribution is 7.91. The zero-order valence-electron chi connectivity index (χ0n) is 16.1. The molecule has 0 bridgehead atoms. The van der Waals surface area contributed by atoms with Gasteiger partial charge in [-0.25, -0.2) is 13.4 Å². The Hall–Kier alpha value is -2.42. The summed E-state index contributed by atoms with van der Waals surface area (Å²) in [6.07, 6.45) is 1.45. The fraction of sp³-hybridized carbons (Fsp3) is 0.526. The van der Waals surface area contributed by atoms with Crippen molar-refractivity contribution in [1.29, 1.82) is 0 Å². The number of nitrogens with zero attached hydrogens (tertiary/aromatic N) is 2. The summed E-state index contributed by atoms with van der Waals surface area (Å²) in [7, 11) is -1.55. The molecule has 9 heteroatoms. The molecule has 0 radical (unpaired) electrons. The van der Waals surface area contributed by atoms with Gasteiger partial charge in [0.05, 0.1) is 30.7 Å². The first-order valence-electron chi connectivity index (χ1n) is 9.37. The Balaban J connectivity index is 1.72. The molecule has 152 valence electrons. The van der Waals surface area contributed by atoms with Crippen LogP contribution in [0.25, 0.3) is 0 Å². The van der Waals surface area contributed by atoms with Gasteiger partial charge in [-0.05, 0) is 30.5 Å². The molecular formula is C19H25N3O5S. The third kappa shape index (κ3) is 4.52. The molecule has 2 amide bonds. The number of hydrogen-bond acceptors (Lipinski definition) is 6. The van der Waals surface area contributed by atoms with Gasteiger partial charge in [-0.15, -0.1) is 0 Å². The average molecular weight is 407 g/mol. The minimum atomic E-state index is -3.14. The maximum absolute atomic E-state index is 12.7. The molecule has 0 aromatic heterocycles. The van der Waals surface area contributed by atoms with Gasteiger partial charge in [0.2, 0.25) is 5.91 Å².